The Morgan fingerprint density at radius 3 is 2.13 bits per heavy atom. The van der Waals surface area contributed by atoms with E-state index in [1.165, 1.54) is 134 Å². The lowest BCUT2D eigenvalue weighted by Crippen LogP contribution is -2.61. The van der Waals surface area contributed by atoms with Gasteiger partial charge in [-0.1, -0.05) is 112 Å². The van der Waals surface area contributed by atoms with Crippen molar-refractivity contribution in [1.29, 1.82) is 0 Å². The number of hydrogen-bond acceptors (Lipinski definition) is 4. The van der Waals surface area contributed by atoms with Crippen LogP contribution in [-0.2, 0) is 39.9 Å². The molecular weight excluding hydrogens is 770 g/mol. The molecule has 0 spiro atoms. The highest BCUT2D eigenvalue weighted by Gasteiger charge is 2.53. The van der Waals surface area contributed by atoms with Gasteiger partial charge in [-0.05, 0) is 172 Å². The second-order valence-electron chi connectivity index (χ2n) is 23.8. The van der Waals surface area contributed by atoms with Gasteiger partial charge in [-0.15, -0.1) is 11.3 Å². The Kier molecular flexibility index (Phi) is 8.17. The molecule has 4 heterocycles. The fraction of sp³-hybridized carbons (Fsp3) is 0.456. The lowest BCUT2D eigenvalue weighted by Gasteiger charge is -2.49. The molecule has 0 atom stereocenters. The van der Waals surface area contributed by atoms with Crippen LogP contribution in [0.1, 0.15) is 160 Å². The van der Waals surface area contributed by atoms with Crippen LogP contribution in [-0.4, -0.2) is 11.7 Å². The van der Waals surface area contributed by atoms with Gasteiger partial charge >= 0.3 is 0 Å². The lowest BCUT2D eigenvalue weighted by molar-refractivity contribution is 0.132. The molecule has 13 rings (SSSR count). The number of aryl methyl sites for hydroxylation is 1. The Hall–Kier alpha value is -4.35. The molecule has 2 aromatic heterocycles. The van der Waals surface area contributed by atoms with E-state index in [1.54, 1.807) is 11.1 Å². The largest absolute Gasteiger partial charge is 0.311 e. The number of fused-ring (bicyclic) bond motifs is 12. The molecule has 3 fully saturated rings. The highest BCUT2D eigenvalue weighted by atomic mass is 32.1. The number of hydrogen-bond donors (Lipinski definition) is 0. The first-order chi connectivity index (χ1) is 29.4. The van der Waals surface area contributed by atoms with E-state index in [9.17, 15) is 0 Å². The van der Waals surface area contributed by atoms with Crippen molar-refractivity contribution in [2.75, 3.05) is 9.80 Å². The molecule has 0 radical (unpaired) electrons. The number of anilines is 6. The predicted molar refractivity (Wildman–Crippen MR) is 267 cm³/mol. The minimum atomic E-state index is 0.0110. The Morgan fingerprint density at radius 1 is 0.710 bits per heavy atom. The van der Waals surface area contributed by atoms with E-state index in [0.29, 0.717) is 0 Å². The summed E-state index contributed by atoms with van der Waals surface area (Å²) in [6, 6.07) is 32.0. The standard InChI is InChI=1S/C57H64BN3S/c1-53(2,3)36-17-20-38(21-18-36)60-49-40-31-37(54(4,5)6)19-24-45(40)62-51(49)58-42-23-22-41-47(56(9,10)33-55(41,7)8)50(42)61(43-16-12-14-35-13-11-15-39(35)43)44-32-46(59-52(60)48(44)58)57-28-25-34(26-29-57)27-30-57/h12,14,16-24,31-32,34H,11,13,15,25-30,33H2,1-10H3. The van der Waals surface area contributed by atoms with Crippen molar-refractivity contribution in [3.05, 3.63) is 118 Å². The maximum Gasteiger partial charge on any atom is 0.266 e. The summed E-state index contributed by atoms with van der Waals surface area (Å²) in [5, 5.41) is 1.36. The summed E-state index contributed by atoms with van der Waals surface area (Å²) in [4.78, 5) is 11.7. The molecule has 0 saturated heterocycles. The number of aromatic nitrogens is 1. The van der Waals surface area contributed by atoms with Crippen molar-refractivity contribution in [1.82, 2.24) is 4.98 Å². The molecule has 0 N–H and O–H groups in total. The molecule has 0 amide bonds. The van der Waals surface area contributed by atoms with Crippen molar-refractivity contribution < 1.29 is 0 Å². The molecule has 5 heteroatoms. The summed E-state index contributed by atoms with van der Waals surface area (Å²) >= 11 is 2.03. The van der Waals surface area contributed by atoms with Crippen LogP contribution in [0.3, 0.4) is 0 Å². The summed E-state index contributed by atoms with van der Waals surface area (Å²) in [6.45, 7) is 24.2. The maximum absolute atomic E-state index is 6.18. The van der Waals surface area contributed by atoms with Crippen LogP contribution in [0.5, 0.6) is 0 Å². The maximum atomic E-state index is 6.18. The summed E-state index contributed by atoms with van der Waals surface area (Å²) in [6.07, 6.45) is 12.4. The first-order valence-corrected chi connectivity index (χ1v) is 24.9. The SMILES string of the molecule is CC(C)(C)c1ccc(N2c3nc(C45CCC(CC4)CC5)cc4c3B(c3ccc5c(c3N4c3cccc4c3CCC4)C(C)(C)CC5(C)C)c3sc4ccc(C(C)(C)C)cc4c32)cc1. The van der Waals surface area contributed by atoms with Crippen molar-refractivity contribution in [3.8, 4) is 0 Å². The third-order valence-electron chi connectivity index (χ3n) is 16.8. The van der Waals surface area contributed by atoms with Crippen LogP contribution in [0, 0.1) is 5.92 Å². The number of pyridine rings is 1. The van der Waals surface area contributed by atoms with Crippen molar-refractivity contribution in [2.24, 2.45) is 5.92 Å². The van der Waals surface area contributed by atoms with Gasteiger partial charge in [-0.2, -0.15) is 0 Å². The van der Waals surface area contributed by atoms with Crippen molar-refractivity contribution >= 4 is 78.1 Å². The van der Waals surface area contributed by atoms with Crippen LogP contribution in [0.15, 0.2) is 78.9 Å². The summed E-state index contributed by atoms with van der Waals surface area (Å²) < 4.78 is 2.82. The van der Waals surface area contributed by atoms with Crippen molar-refractivity contribution in [3.63, 3.8) is 0 Å². The molecule has 7 aliphatic rings. The zero-order valence-corrected chi connectivity index (χ0v) is 39.8. The smallest absolute Gasteiger partial charge is 0.266 e. The lowest BCUT2D eigenvalue weighted by atomic mass is 9.36. The first-order valence-electron chi connectivity index (χ1n) is 24.1. The average Bonchev–Trinajstić information content (AvgIpc) is 3.92. The van der Waals surface area contributed by atoms with Gasteiger partial charge < -0.3 is 4.90 Å². The van der Waals surface area contributed by atoms with Gasteiger partial charge in [0.1, 0.15) is 5.82 Å². The number of benzene rings is 4. The number of nitrogens with zero attached hydrogens (tertiary/aromatic N) is 3. The summed E-state index contributed by atoms with van der Waals surface area (Å²) in [5.41, 5.74) is 20.2. The summed E-state index contributed by atoms with van der Waals surface area (Å²) in [7, 11) is 0. The minimum absolute atomic E-state index is 0.0110. The molecule has 4 aromatic carbocycles. The molecule has 316 valence electrons. The highest BCUT2D eigenvalue weighted by Crippen LogP contribution is 2.58. The van der Waals surface area contributed by atoms with Gasteiger partial charge in [0.2, 0.25) is 0 Å². The second kappa shape index (κ2) is 12.9. The third-order valence-corrected chi connectivity index (χ3v) is 18.0. The molecular formula is C57H64BN3S. The monoisotopic (exact) mass is 833 g/mol. The van der Waals surface area contributed by atoms with E-state index in [0.717, 1.165) is 24.6 Å². The molecule has 3 saturated carbocycles. The van der Waals surface area contributed by atoms with Gasteiger partial charge in [-0.3, -0.25) is 4.90 Å². The van der Waals surface area contributed by atoms with Gasteiger partial charge in [0, 0.05) is 43.0 Å². The third kappa shape index (κ3) is 5.51. The minimum Gasteiger partial charge on any atom is -0.311 e. The fourth-order valence-corrected chi connectivity index (χ4v) is 15.1. The van der Waals surface area contributed by atoms with Crippen LogP contribution >= 0.6 is 11.3 Å². The number of rotatable bonds is 3. The van der Waals surface area contributed by atoms with Crippen LogP contribution in [0.25, 0.3) is 10.1 Å². The molecule has 3 nitrogen and oxygen atoms in total. The topological polar surface area (TPSA) is 19.4 Å². The van der Waals surface area contributed by atoms with E-state index >= 15 is 0 Å². The Morgan fingerprint density at radius 2 is 1.42 bits per heavy atom. The van der Waals surface area contributed by atoms with Gasteiger partial charge in [0.15, 0.2) is 0 Å². The van der Waals surface area contributed by atoms with E-state index in [1.807, 2.05) is 11.3 Å². The second-order valence-corrected chi connectivity index (χ2v) is 24.9. The predicted octanol–water partition coefficient (Wildman–Crippen LogP) is 13.6. The molecule has 2 aliphatic heterocycles. The number of thiophene rings is 1. The van der Waals surface area contributed by atoms with Gasteiger partial charge in [0.25, 0.3) is 6.71 Å². The molecule has 0 unspecified atom stereocenters. The molecule has 2 bridgehead atoms. The average molecular weight is 834 g/mol. The van der Waals surface area contributed by atoms with Crippen molar-refractivity contribution in [2.45, 2.75) is 161 Å². The van der Waals surface area contributed by atoms with Crippen LogP contribution in [0.4, 0.5) is 34.3 Å². The van der Waals surface area contributed by atoms with Crippen LogP contribution in [0.2, 0.25) is 0 Å². The normalized spacial score (nSPS) is 22.7. The fourth-order valence-electron chi connectivity index (χ4n) is 13.8. The highest BCUT2D eigenvalue weighted by molar-refractivity contribution is 7.33. The van der Waals surface area contributed by atoms with E-state index in [4.69, 9.17) is 4.98 Å². The van der Waals surface area contributed by atoms with Gasteiger partial charge in [0.05, 0.1) is 11.4 Å². The zero-order chi connectivity index (χ0) is 42.9. The first kappa shape index (κ1) is 39.3. The molecule has 6 aromatic rings. The summed E-state index contributed by atoms with van der Waals surface area (Å²) in [5.74, 6) is 2.04. The van der Waals surface area contributed by atoms with E-state index in [-0.39, 0.29) is 33.8 Å². The molecule has 5 aliphatic carbocycles. The zero-order valence-electron chi connectivity index (χ0n) is 39.0. The van der Waals surface area contributed by atoms with Crippen LogP contribution < -0.4 is 25.5 Å². The van der Waals surface area contributed by atoms with E-state index < -0.39 is 0 Å². The van der Waals surface area contributed by atoms with Gasteiger partial charge in [-0.25, -0.2) is 4.98 Å². The Balaban J connectivity index is 1.24. The Bertz CT molecular complexity index is 2840. The molecule has 62 heavy (non-hydrogen) atoms. The quantitative estimate of drug-likeness (QED) is 0.165. The Labute approximate surface area is 375 Å². The van der Waals surface area contributed by atoms with E-state index in [2.05, 4.69) is 158 Å².